The molecule has 124 valence electrons. The molecule has 0 N–H and O–H groups in total. The van der Waals surface area contributed by atoms with E-state index in [-0.39, 0.29) is 12.8 Å². The minimum atomic E-state index is -0.202. The predicted molar refractivity (Wildman–Crippen MR) is 94.1 cm³/mol. The molecule has 0 fully saturated rings. The van der Waals surface area contributed by atoms with E-state index in [1.165, 1.54) is 43.1 Å². The molecule has 0 aromatic rings. The third kappa shape index (κ3) is 4.18. The number of esters is 1. The molecule has 2 atom stereocenters. The van der Waals surface area contributed by atoms with Crippen molar-refractivity contribution in [2.24, 2.45) is 11.8 Å². The van der Waals surface area contributed by atoms with Crippen molar-refractivity contribution in [1.29, 1.82) is 0 Å². The van der Waals surface area contributed by atoms with Gasteiger partial charge in [-0.25, -0.2) is 0 Å². The highest BCUT2D eigenvalue weighted by Gasteiger charge is 2.26. The standard InChI is InChI=1S/C19H24O3S/c1-21-13-22-19(20)12-23-11-17-8-4-7-16-9-14-5-2-3-6-15(14)10-18(16)17/h4,6-7,9-10,14,17H,2-3,5,8,11-13H2,1H3. The van der Waals surface area contributed by atoms with Gasteiger partial charge in [-0.15, -0.1) is 11.8 Å². The predicted octanol–water partition coefficient (Wildman–Crippen LogP) is 4.04. The lowest BCUT2D eigenvalue weighted by Crippen LogP contribution is -2.19. The third-order valence-corrected chi connectivity index (χ3v) is 5.68. The van der Waals surface area contributed by atoms with Crippen LogP contribution in [0.25, 0.3) is 0 Å². The summed E-state index contributed by atoms with van der Waals surface area (Å²) in [5.74, 6) is 2.25. The van der Waals surface area contributed by atoms with E-state index in [0.29, 0.717) is 17.6 Å². The molecular weight excluding hydrogens is 308 g/mol. The number of thioether (sulfide) groups is 1. The fraction of sp³-hybridized carbons (Fsp3) is 0.526. The zero-order valence-electron chi connectivity index (χ0n) is 13.6. The van der Waals surface area contributed by atoms with Gasteiger partial charge < -0.3 is 9.47 Å². The van der Waals surface area contributed by atoms with Crippen LogP contribution in [0.2, 0.25) is 0 Å². The Morgan fingerprint density at radius 2 is 2.35 bits per heavy atom. The Labute approximate surface area is 142 Å². The SMILES string of the molecule is COCOC(=O)CSCC1CC=CC2=CC3CCCC=C3C=C21. The number of hydrogen-bond acceptors (Lipinski definition) is 4. The lowest BCUT2D eigenvalue weighted by atomic mass is 9.75. The van der Waals surface area contributed by atoms with Crippen LogP contribution in [0.3, 0.4) is 0 Å². The number of hydrogen-bond donors (Lipinski definition) is 0. The summed E-state index contributed by atoms with van der Waals surface area (Å²) in [6.45, 7) is 0.0408. The maximum Gasteiger partial charge on any atom is 0.317 e. The van der Waals surface area contributed by atoms with Crippen LogP contribution in [0.1, 0.15) is 25.7 Å². The highest BCUT2D eigenvalue weighted by atomic mass is 32.2. The Morgan fingerprint density at radius 3 is 3.22 bits per heavy atom. The van der Waals surface area contributed by atoms with Crippen molar-refractivity contribution >= 4 is 17.7 Å². The number of carbonyl (C=O) groups excluding carboxylic acids is 1. The molecule has 0 aliphatic heterocycles. The van der Waals surface area contributed by atoms with Crippen LogP contribution in [0.15, 0.2) is 47.1 Å². The van der Waals surface area contributed by atoms with Crippen LogP contribution in [0.5, 0.6) is 0 Å². The van der Waals surface area contributed by atoms with Gasteiger partial charge in [0.05, 0.1) is 5.75 Å². The Hall–Kier alpha value is -1.26. The molecule has 2 unspecified atom stereocenters. The first-order valence-corrected chi connectivity index (χ1v) is 9.46. The van der Waals surface area contributed by atoms with Crippen LogP contribution in [-0.2, 0) is 14.3 Å². The molecule has 0 amide bonds. The average molecular weight is 332 g/mol. The lowest BCUT2D eigenvalue weighted by Gasteiger charge is -2.31. The lowest BCUT2D eigenvalue weighted by molar-refractivity contribution is -0.150. The monoisotopic (exact) mass is 332 g/mol. The number of rotatable bonds is 6. The van der Waals surface area contributed by atoms with Crippen molar-refractivity contribution in [2.45, 2.75) is 25.7 Å². The summed E-state index contributed by atoms with van der Waals surface area (Å²) in [5.41, 5.74) is 4.35. The van der Waals surface area contributed by atoms with E-state index >= 15 is 0 Å². The summed E-state index contributed by atoms with van der Waals surface area (Å²) in [4.78, 5) is 11.5. The Bertz CT molecular complexity index is 571. The first kappa shape index (κ1) is 16.6. The second kappa shape index (κ2) is 8.02. The second-order valence-corrected chi connectivity index (χ2v) is 7.27. The average Bonchev–Trinajstić information content (AvgIpc) is 2.58. The number of allylic oxidation sites excluding steroid dienone is 8. The molecule has 0 saturated carbocycles. The van der Waals surface area contributed by atoms with E-state index < -0.39 is 0 Å². The van der Waals surface area contributed by atoms with Gasteiger partial charge in [-0.1, -0.05) is 30.4 Å². The van der Waals surface area contributed by atoms with Gasteiger partial charge in [0, 0.05) is 18.8 Å². The summed E-state index contributed by atoms with van der Waals surface area (Å²) in [6, 6.07) is 0. The fourth-order valence-electron chi connectivity index (χ4n) is 3.45. The molecule has 0 spiro atoms. The molecular formula is C19H24O3S. The van der Waals surface area contributed by atoms with Crippen LogP contribution < -0.4 is 0 Å². The Morgan fingerprint density at radius 1 is 1.43 bits per heavy atom. The first-order chi connectivity index (χ1) is 11.3. The zero-order chi connectivity index (χ0) is 16.1. The topological polar surface area (TPSA) is 35.5 Å². The number of methoxy groups -OCH3 is 1. The van der Waals surface area contributed by atoms with Crippen molar-refractivity contribution in [3.8, 4) is 0 Å². The minimum absolute atomic E-state index is 0.0408. The third-order valence-electron chi connectivity index (χ3n) is 4.60. The summed E-state index contributed by atoms with van der Waals surface area (Å²) < 4.78 is 9.67. The van der Waals surface area contributed by atoms with Crippen LogP contribution in [-0.4, -0.2) is 31.4 Å². The van der Waals surface area contributed by atoms with E-state index in [4.69, 9.17) is 9.47 Å². The molecule has 0 saturated heterocycles. The highest BCUT2D eigenvalue weighted by molar-refractivity contribution is 7.99. The zero-order valence-corrected chi connectivity index (χ0v) is 14.4. The van der Waals surface area contributed by atoms with Crippen molar-refractivity contribution < 1.29 is 14.3 Å². The van der Waals surface area contributed by atoms with E-state index in [2.05, 4.69) is 30.4 Å². The molecule has 3 aliphatic rings. The van der Waals surface area contributed by atoms with E-state index in [9.17, 15) is 4.79 Å². The first-order valence-electron chi connectivity index (χ1n) is 8.30. The molecule has 3 nitrogen and oxygen atoms in total. The fourth-order valence-corrected chi connectivity index (χ4v) is 4.41. The maximum atomic E-state index is 11.5. The second-order valence-electron chi connectivity index (χ2n) is 6.24. The number of fused-ring (bicyclic) bond motifs is 2. The summed E-state index contributed by atoms with van der Waals surface area (Å²) >= 11 is 1.65. The molecule has 3 rings (SSSR count). The highest BCUT2D eigenvalue weighted by Crippen LogP contribution is 2.41. The van der Waals surface area contributed by atoms with Gasteiger partial charge in [0.1, 0.15) is 0 Å². The molecule has 4 heteroatoms. The van der Waals surface area contributed by atoms with Crippen molar-refractivity contribution in [1.82, 2.24) is 0 Å². The molecule has 23 heavy (non-hydrogen) atoms. The summed E-state index contributed by atoms with van der Waals surface area (Å²) in [7, 11) is 1.52. The van der Waals surface area contributed by atoms with Crippen LogP contribution in [0.4, 0.5) is 0 Å². The summed E-state index contributed by atoms with van der Waals surface area (Å²) in [6.07, 6.45) is 16.6. The largest absolute Gasteiger partial charge is 0.438 e. The molecule has 3 aliphatic carbocycles. The molecule has 0 aromatic carbocycles. The van der Waals surface area contributed by atoms with Crippen molar-refractivity contribution in [3.05, 3.63) is 47.1 Å². The quantitative estimate of drug-likeness (QED) is 0.543. The van der Waals surface area contributed by atoms with Crippen LogP contribution in [0, 0.1) is 11.8 Å². The van der Waals surface area contributed by atoms with Gasteiger partial charge in [-0.2, -0.15) is 0 Å². The molecule has 0 aromatic heterocycles. The van der Waals surface area contributed by atoms with Gasteiger partial charge >= 0.3 is 5.97 Å². The van der Waals surface area contributed by atoms with Gasteiger partial charge in [0.25, 0.3) is 0 Å². The Kier molecular flexibility index (Phi) is 5.79. The van der Waals surface area contributed by atoms with Crippen LogP contribution >= 0.6 is 11.8 Å². The normalized spacial score (nSPS) is 25.7. The Balaban J connectivity index is 1.59. The molecule has 0 radical (unpaired) electrons. The van der Waals surface area contributed by atoms with Crippen molar-refractivity contribution in [3.63, 3.8) is 0 Å². The van der Waals surface area contributed by atoms with Gasteiger partial charge in [-0.05, 0) is 48.3 Å². The summed E-state index contributed by atoms with van der Waals surface area (Å²) in [5, 5.41) is 0. The van der Waals surface area contributed by atoms with E-state index in [1.54, 1.807) is 11.8 Å². The smallest absolute Gasteiger partial charge is 0.317 e. The van der Waals surface area contributed by atoms with E-state index in [1.807, 2.05) is 0 Å². The van der Waals surface area contributed by atoms with Gasteiger partial charge in [-0.3, -0.25) is 4.79 Å². The van der Waals surface area contributed by atoms with E-state index in [0.717, 1.165) is 12.2 Å². The number of carbonyl (C=O) groups is 1. The molecule has 0 bridgehead atoms. The molecule has 0 heterocycles. The van der Waals surface area contributed by atoms with Gasteiger partial charge in [0.15, 0.2) is 6.79 Å². The van der Waals surface area contributed by atoms with Crippen molar-refractivity contribution in [2.75, 3.05) is 25.4 Å². The minimum Gasteiger partial charge on any atom is -0.438 e. The van der Waals surface area contributed by atoms with Gasteiger partial charge in [0.2, 0.25) is 0 Å². The maximum absolute atomic E-state index is 11.5. The number of ether oxygens (including phenoxy) is 2.